The fourth-order valence-corrected chi connectivity index (χ4v) is 6.12. The van der Waals surface area contributed by atoms with Gasteiger partial charge >= 0.3 is 6.61 Å². The molecule has 2 unspecified atom stereocenters. The van der Waals surface area contributed by atoms with Crippen LogP contribution in [0.5, 0.6) is 5.75 Å². The first kappa shape index (κ1) is 24.5. The second-order valence-corrected chi connectivity index (χ2v) is 10.7. The van der Waals surface area contributed by atoms with E-state index < -0.39 is 12.2 Å². The van der Waals surface area contributed by atoms with Gasteiger partial charge in [0.05, 0.1) is 29.4 Å². The molecule has 6 rings (SSSR count). The summed E-state index contributed by atoms with van der Waals surface area (Å²) in [4.78, 5) is 29.5. The molecule has 3 aromatic rings. The van der Waals surface area contributed by atoms with Crippen molar-refractivity contribution in [1.29, 1.82) is 0 Å². The van der Waals surface area contributed by atoms with Gasteiger partial charge in [0, 0.05) is 48.5 Å². The molecule has 8 nitrogen and oxygen atoms in total. The summed E-state index contributed by atoms with van der Waals surface area (Å²) in [6, 6.07) is 8.27. The number of carbonyl (C=O) groups excluding carboxylic acids is 2. The van der Waals surface area contributed by atoms with E-state index in [1.54, 1.807) is 39.6 Å². The normalized spacial score (nSPS) is 21.1. The summed E-state index contributed by atoms with van der Waals surface area (Å²) >= 11 is 0. The number of amides is 2. The predicted molar refractivity (Wildman–Crippen MR) is 135 cm³/mol. The van der Waals surface area contributed by atoms with Crippen LogP contribution in [-0.2, 0) is 4.79 Å². The minimum absolute atomic E-state index is 0.000398. The van der Waals surface area contributed by atoms with Gasteiger partial charge in [-0.25, -0.2) is 4.52 Å². The van der Waals surface area contributed by atoms with Crippen molar-refractivity contribution in [2.75, 3.05) is 20.2 Å². The molecule has 0 saturated carbocycles. The lowest BCUT2D eigenvalue weighted by Gasteiger charge is -2.39. The number of fused-ring (bicyclic) bond motifs is 9. The van der Waals surface area contributed by atoms with Crippen molar-refractivity contribution in [2.45, 2.75) is 50.8 Å². The smallest absolute Gasteiger partial charge is 0.387 e. The van der Waals surface area contributed by atoms with Crippen LogP contribution < -0.4 is 4.74 Å². The Morgan fingerprint density at radius 1 is 1.21 bits per heavy atom. The molecule has 2 atom stereocenters. The van der Waals surface area contributed by atoms with Crippen LogP contribution in [0.3, 0.4) is 0 Å². The number of pyridine rings is 1. The first-order chi connectivity index (χ1) is 18.1. The lowest BCUT2D eigenvalue weighted by Crippen LogP contribution is -2.51. The zero-order valence-electron chi connectivity index (χ0n) is 21.3. The summed E-state index contributed by atoms with van der Waals surface area (Å²) in [6.45, 7) is 0.999. The molecule has 1 N–H and O–H groups in total. The largest absolute Gasteiger partial charge is 0.434 e. The Morgan fingerprint density at radius 2 is 2.00 bits per heavy atom. The van der Waals surface area contributed by atoms with E-state index in [1.165, 1.54) is 6.07 Å². The van der Waals surface area contributed by atoms with E-state index in [1.807, 2.05) is 32.2 Å². The Hall–Kier alpha value is -3.79. The van der Waals surface area contributed by atoms with Crippen molar-refractivity contribution >= 4 is 22.9 Å². The number of aliphatic hydroxyl groups excluding tert-OH is 1. The summed E-state index contributed by atoms with van der Waals surface area (Å²) in [7, 11) is 1.71. The van der Waals surface area contributed by atoms with Crippen LogP contribution in [-0.4, -0.2) is 68.7 Å². The number of halogens is 2. The molecule has 198 valence electrons. The lowest BCUT2D eigenvalue weighted by atomic mass is 9.88. The van der Waals surface area contributed by atoms with Gasteiger partial charge in [0.25, 0.3) is 5.91 Å². The maximum atomic E-state index is 13.3. The third-order valence-corrected chi connectivity index (χ3v) is 8.13. The number of aliphatic hydroxyl groups is 1. The average Bonchev–Trinajstić information content (AvgIpc) is 3.41. The van der Waals surface area contributed by atoms with Gasteiger partial charge in [0.1, 0.15) is 5.75 Å². The molecule has 0 saturated heterocycles. The first-order valence-corrected chi connectivity index (χ1v) is 12.6. The summed E-state index contributed by atoms with van der Waals surface area (Å²) in [6.07, 6.45) is 4.58. The number of hydrogen-bond acceptors (Lipinski definition) is 5. The molecule has 0 radical (unpaired) electrons. The van der Waals surface area contributed by atoms with Crippen molar-refractivity contribution in [3.8, 4) is 5.75 Å². The zero-order chi connectivity index (χ0) is 26.9. The Labute approximate surface area is 218 Å². The Morgan fingerprint density at radius 3 is 2.71 bits per heavy atom. The second-order valence-electron chi connectivity index (χ2n) is 10.7. The number of aromatic nitrogens is 2. The summed E-state index contributed by atoms with van der Waals surface area (Å²) in [5, 5.41) is 14.5. The lowest BCUT2D eigenvalue weighted by molar-refractivity contribution is -0.133. The van der Waals surface area contributed by atoms with E-state index in [2.05, 4.69) is 0 Å². The Kier molecular flexibility index (Phi) is 5.57. The minimum atomic E-state index is -3.02. The molecule has 2 amide bonds. The highest BCUT2D eigenvalue weighted by atomic mass is 19.3. The third-order valence-electron chi connectivity index (χ3n) is 8.13. The van der Waals surface area contributed by atoms with Crippen LogP contribution in [0.25, 0.3) is 11.1 Å². The summed E-state index contributed by atoms with van der Waals surface area (Å²) in [5.74, 6) is -0.763. The van der Waals surface area contributed by atoms with Gasteiger partial charge in [0.2, 0.25) is 5.91 Å². The summed E-state index contributed by atoms with van der Waals surface area (Å²) < 4.78 is 33.3. The Balaban J connectivity index is 1.47. The fourth-order valence-electron chi connectivity index (χ4n) is 6.12. The second kappa shape index (κ2) is 8.62. The van der Waals surface area contributed by atoms with Crippen molar-refractivity contribution in [3.05, 3.63) is 70.6 Å². The Bertz CT molecular complexity index is 1510. The van der Waals surface area contributed by atoms with E-state index in [-0.39, 0.29) is 36.1 Å². The molecule has 38 heavy (non-hydrogen) atoms. The van der Waals surface area contributed by atoms with Gasteiger partial charge in [-0.05, 0) is 62.1 Å². The van der Waals surface area contributed by atoms with E-state index >= 15 is 0 Å². The van der Waals surface area contributed by atoms with Gasteiger partial charge < -0.3 is 19.6 Å². The number of hydrogen-bond donors (Lipinski definition) is 1. The zero-order valence-corrected chi connectivity index (χ0v) is 21.3. The number of rotatable bonds is 5. The average molecular weight is 523 g/mol. The molecule has 2 bridgehead atoms. The topological polar surface area (TPSA) is 87.4 Å². The molecule has 10 heteroatoms. The molecule has 0 spiro atoms. The highest BCUT2D eigenvalue weighted by Gasteiger charge is 2.46. The van der Waals surface area contributed by atoms with Gasteiger partial charge in [-0.2, -0.15) is 13.9 Å². The van der Waals surface area contributed by atoms with Gasteiger partial charge in [-0.15, -0.1) is 0 Å². The van der Waals surface area contributed by atoms with E-state index in [0.29, 0.717) is 30.5 Å². The molecular formula is C28H28F2N4O4. The molecule has 1 aromatic carbocycles. The number of carbonyl (C=O) groups is 2. The van der Waals surface area contributed by atoms with Gasteiger partial charge in [-0.1, -0.05) is 6.07 Å². The monoisotopic (exact) mass is 522 g/mol. The molecule has 4 heterocycles. The SMILES string of the molecule is CN1C(=O)c2cccc(OC(F)F)c2C2CC1c1nn3ccc(C4=CC(=O)N(C(C)(C)CO)CC4)cc3c12. The predicted octanol–water partition coefficient (Wildman–Crippen LogP) is 3.98. The van der Waals surface area contributed by atoms with E-state index in [9.17, 15) is 23.5 Å². The summed E-state index contributed by atoms with van der Waals surface area (Å²) in [5.41, 5.74) is 4.34. The molecule has 0 fully saturated rings. The highest BCUT2D eigenvalue weighted by Crippen LogP contribution is 2.53. The van der Waals surface area contributed by atoms with Crippen LogP contribution in [0.1, 0.15) is 71.4 Å². The van der Waals surface area contributed by atoms with E-state index in [4.69, 9.17) is 9.84 Å². The van der Waals surface area contributed by atoms with Crippen LogP contribution in [0, 0.1) is 0 Å². The van der Waals surface area contributed by atoms with E-state index in [0.717, 1.165) is 27.9 Å². The van der Waals surface area contributed by atoms with Gasteiger partial charge in [0.15, 0.2) is 0 Å². The number of alkyl halides is 2. The third kappa shape index (κ3) is 3.61. The molecule has 2 aliphatic heterocycles. The van der Waals surface area contributed by atoms with Gasteiger partial charge in [-0.3, -0.25) is 9.59 Å². The minimum Gasteiger partial charge on any atom is -0.434 e. The fraction of sp³-hybridized carbons (Fsp3) is 0.393. The van der Waals surface area contributed by atoms with Crippen LogP contribution in [0.4, 0.5) is 8.78 Å². The maximum Gasteiger partial charge on any atom is 0.387 e. The van der Waals surface area contributed by atoms with Crippen molar-refractivity contribution < 1.29 is 28.2 Å². The van der Waals surface area contributed by atoms with Crippen molar-refractivity contribution in [2.24, 2.45) is 0 Å². The standard InChI is InChI=1S/C28H28F2N4O4/c1-28(2,14-35)33-9-7-16(12-22(33)36)15-8-10-34-19(11-15)24-18-13-20(25(24)31-34)32(3)26(37)17-5-4-6-21(23(17)18)38-27(29)30/h4-6,8,10-12,18,20,27,35H,7,9,13-14H2,1-3H3. The number of benzene rings is 1. The van der Waals surface area contributed by atoms with Crippen LogP contribution in [0.2, 0.25) is 0 Å². The first-order valence-electron chi connectivity index (χ1n) is 12.6. The highest BCUT2D eigenvalue weighted by molar-refractivity contribution is 5.99. The molecule has 3 aliphatic rings. The number of ether oxygens (including phenoxy) is 1. The molecule has 2 aromatic heterocycles. The van der Waals surface area contributed by atoms with Crippen LogP contribution in [0.15, 0.2) is 42.6 Å². The van der Waals surface area contributed by atoms with Crippen molar-refractivity contribution in [1.82, 2.24) is 19.4 Å². The van der Waals surface area contributed by atoms with Crippen LogP contribution >= 0.6 is 0 Å². The maximum absolute atomic E-state index is 13.3. The number of nitrogens with zero attached hydrogens (tertiary/aromatic N) is 4. The molecule has 1 aliphatic carbocycles. The van der Waals surface area contributed by atoms with Crippen molar-refractivity contribution in [3.63, 3.8) is 0 Å². The quantitative estimate of drug-likeness (QED) is 0.548. The molecular weight excluding hydrogens is 494 g/mol.